The van der Waals surface area contributed by atoms with E-state index in [-0.39, 0.29) is 15.9 Å². The SMILES string of the molecule is Cc1cc(OC(F)(F)F)cc(Br)c1NC(C#N)=C(C#N)C#N. The van der Waals surface area contributed by atoms with E-state index in [0.29, 0.717) is 5.56 Å². The van der Waals surface area contributed by atoms with E-state index < -0.39 is 17.7 Å². The van der Waals surface area contributed by atoms with E-state index in [0.717, 1.165) is 12.1 Å². The maximum atomic E-state index is 12.2. The molecule has 0 aromatic heterocycles. The Morgan fingerprint density at radius 3 is 2.18 bits per heavy atom. The average Bonchev–Trinajstić information content (AvgIpc) is 2.39. The Hall–Kier alpha value is -2.70. The molecule has 0 spiro atoms. The van der Waals surface area contributed by atoms with Crippen molar-refractivity contribution in [2.24, 2.45) is 0 Å². The third-order valence-electron chi connectivity index (χ3n) is 2.33. The van der Waals surface area contributed by atoms with Gasteiger partial charge in [-0.2, -0.15) is 15.8 Å². The lowest BCUT2D eigenvalue weighted by atomic mass is 10.1. The molecular weight excluding hydrogens is 365 g/mol. The number of ether oxygens (including phenoxy) is 1. The highest BCUT2D eigenvalue weighted by atomic mass is 79.9. The van der Waals surface area contributed by atoms with Gasteiger partial charge in [0.25, 0.3) is 0 Å². The van der Waals surface area contributed by atoms with Crippen molar-refractivity contribution in [1.29, 1.82) is 15.8 Å². The largest absolute Gasteiger partial charge is 0.573 e. The van der Waals surface area contributed by atoms with Gasteiger partial charge in [0.05, 0.1) is 5.69 Å². The smallest absolute Gasteiger partial charge is 0.406 e. The minimum absolute atomic E-state index is 0.176. The summed E-state index contributed by atoms with van der Waals surface area (Å²) in [6.07, 6.45) is -4.83. The zero-order valence-electron chi connectivity index (χ0n) is 10.9. The first-order valence-electron chi connectivity index (χ1n) is 5.49. The Labute approximate surface area is 132 Å². The number of alkyl halides is 3. The predicted octanol–water partition coefficient (Wildman–Crippen LogP) is 3.89. The fourth-order valence-corrected chi connectivity index (χ4v) is 2.11. The zero-order valence-corrected chi connectivity index (χ0v) is 12.5. The third kappa shape index (κ3) is 4.41. The monoisotopic (exact) mass is 370 g/mol. The molecule has 0 heterocycles. The van der Waals surface area contributed by atoms with Crippen molar-refractivity contribution >= 4 is 21.6 Å². The summed E-state index contributed by atoms with van der Waals surface area (Å²) < 4.78 is 40.6. The van der Waals surface area contributed by atoms with Gasteiger partial charge in [-0.1, -0.05) is 0 Å². The average molecular weight is 371 g/mol. The molecule has 1 aromatic carbocycles. The summed E-state index contributed by atoms with van der Waals surface area (Å²) >= 11 is 3.05. The summed E-state index contributed by atoms with van der Waals surface area (Å²) in [5.41, 5.74) is -0.187. The van der Waals surface area contributed by atoms with Crippen LogP contribution in [-0.4, -0.2) is 6.36 Å². The second-order valence-electron chi connectivity index (χ2n) is 3.86. The first-order chi connectivity index (χ1) is 10.2. The van der Waals surface area contributed by atoms with Crippen LogP contribution in [0.4, 0.5) is 18.9 Å². The van der Waals surface area contributed by atoms with Gasteiger partial charge in [-0.15, -0.1) is 13.2 Å². The Kier molecular flexibility index (Phi) is 5.39. The topological polar surface area (TPSA) is 92.6 Å². The van der Waals surface area contributed by atoms with Crippen LogP contribution in [0.5, 0.6) is 5.75 Å². The van der Waals surface area contributed by atoms with Crippen LogP contribution in [0, 0.1) is 40.9 Å². The number of halogens is 4. The third-order valence-corrected chi connectivity index (χ3v) is 2.96. The lowest BCUT2D eigenvalue weighted by Gasteiger charge is -2.14. The second kappa shape index (κ2) is 6.84. The molecule has 5 nitrogen and oxygen atoms in total. The number of nitriles is 3. The molecule has 9 heteroatoms. The van der Waals surface area contributed by atoms with E-state index in [1.165, 1.54) is 6.92 Å². The zero-order chi connectivity index (χ0) is 16.9. The number of hydrogen-bond donors (Lipinski definition) is 1. The summed E-state index contributed by atoms with van der Waals surface area (Å²) in [4.78, 5) is 0. The molecule has 112 valence electrons. The lowest BCUT2D eigenvalue weighted by molar-refractivity contribution is -0.274. The molecule has 1 N–H and O–H groups in total. The number of nitrogens with one attached hydrogen (secondary N) is 1. The molecule has 0 bridgehead atoms. The van der Waals surface area contributed by atoms with Crippen LogP contribution in [0.15, 0.2) is 27.9 Å². The molecule has 22 heavy (non-hydrogen) atoms. The predicted molar refractivity (Wildman–Crippen MR) is 73.0 cm³/mol. The highest BCUT2D eigenvalue weighted by molar-refractivity contribution is 9.10. The number of aryl methyl sites for hydroxylation is 1. The molecule has 0 fully saturated rings. The van der Waals surface area contributed by atoms with Gasteiger partial charge < -0.3 is 10.1 Å². The number of benzene rings is 1. The molecule has 0 amide bonds. The Morgan fingerprint density at radius 1 is 1.18 bits per heavy atom. The molecule has 0 aliphatic heterocycles. The lowest BCUT2D eigenvalue weighted by Crippen LogP contribution is -2.17. The summed E-state index contributed by atoms with van der Waals surface area (Å²) in [6.45, 7) is 1.48. The van der Waals surface area contributed by atoms with Gasteiger partial charge >= 0.3 is 6.36 Å². The van der Waals surface area contributed by atoms with Gasteiger partial charge in [0.1, 0.15) is 29.7 Å². The van der Waals surface area contributed by atoms with Crippen LogP contribution in [-0.2, 0) is 0 Å². The van der Waals surface area contributed by atoms with Gasteiger partial charge in [0.2, 0.25) is 0 Å². The van der Waals surface area contributed by atoms with Crippen molar-refractivity contribution in [1.82, 2.24) is 0 Å². The van der Waals surface area contributed by atoms with Crippen LogP contribution in [0.1, 0.15) is 5.56 Å². The normalized spacial score (nSPS) is 9.91. The summed E-state index contributed by atoms with van der Waals surface area (Å²) in [5.74, 6) is -0.439. The van der Waals surface area contributed by atoms with E-state index in [1.54, 1.807) is 18.2 Å². The van der Waals surface area contributed by atoms with E-state index in [1.807, 2.05) is 0 Å². The molecule has 1 rings (SSSR count). The number of nitrogens with zero attached hydrogens (tertiary/aromatic N) is 3. The molecule has 0 aliphatic carbocycles. The van der Waals surface area contributed by atoms with E-state index in [2.05, 4.69) is 26.0 Å². The number of allylic oxidation sites excluding steroid dienone is 2. The summed E-state index contributed by atoms with van der Waals surface area (Å²) in [5, 5.41) is 29.0. The Morgan fingerprint density at radius 2 is 1.77 bits per heavy atom. The van der Waals surface area contributed by atoms with Crippen LogP contribution in [0.2, 0.25) is 0 Å². The van der Waals surface area contributed by atoms with Crippen molar-refractivity contribution in [3.05, 3.63) is 33.4 Å². The van der Waals surface area contributed by atoms with E-state index in [4.69, 9.17) is 15.8 Å². The molecular formula is C13H6BrF3N4O. The van der Waals surface area contributed by atoms with Gasteiger partial charge in [0, 0.05) is 4.47 Å². The first-order valence-corrected chi connectivity index (χ1v) is 6.28. The number of anilines is 1. The van der Waals surface area contributed by atoms with Gasteiger partial charge in [-0.3, -0.25) is 0 Å². The highest BCUT2D eigenvalue weighted by Gasteiger charge is 2.31. The van der Waals surface area contributed by atoms with Gasteiger partial charge in [0.15, 0.2) is 5.57 Å². The van der Waals surface area contributed by atoms with Crippen molar-refractivity contribution in [2.75, 3.05) is 5.32 Å². The maximum absolute atomic E-state index is 12.2. The quantitative estimate of drug-likeness (QED) is 0.814. The van der Waals surface area contributed by atoms with E-state index in [9.17, 15) is 13.2 Å². The van der Waals surface area contributed by atoms with Crippen molar-refractivity contribution in [3.8, 4) is 24.0 Å². The fraction of sp³-hybridized carbons (Fsp3) is 0.154. The molecule has 0 saturated heterocycles. The fourth-order valence-electron chi connectivity index (χ4n) is 1.47. The minimum atomic E-state index is -4.83. The second-order valence-corrected chi connectivity index (χ2v) is 4.71. The molecule has 0 saturated carbocycles. The summed E-state index contributed by atoms with van der Waals surface area (Å²) in [6, 6.07) is 6.91. The van der Waals surface area contributed by atoms with Crippen molar-refractivity contribution < 1.29 is 17.9 Å². The Balaban J connectivity index is 3.25. The van der Waals surface area contributed by atoms with Crippen molar-refractivity contribution in [2.45, 2.75) is 13.3 Å². The van der Waals surface area contributed by atoms with Gasteiger partial charge in [-0.25, -0.2) is 0 Å². The summed E-state index contributed by atoms with van der Waals surface area (Å²) in [7, 11) is 0. The number of hydrogen-bond acceptors (Lipinski definition) is 5. The number of rotatable bonds is 3. The van der Waals surface area contributed by atoms with Crippen molar-refractivity contribution in [3.63, 3.8) is 0 Å². The molecule has 0 atom stereocenters. The Bertz CT molecular complexity index is 712. The molecule has 0 aliphatic rings. The minimum Gasteiger partial charge on any atom is -0.406 e. The molecule has 0 radical (unpaired) electrons. The molecule has 0 unspecified atom stereocenters. The maximum Gasteiger partial charge on any atom is 0.573 e. The molecule has 1 aromatic rings. The van der Waals surface area contributed by atoms with Gasteiger partial charge in [-0.05, 0) is 40.5 Å². The standard InChI is InChI=1S/C13H6BrF3N4O/c1-7-2-9(22-13(15,16)17)3-10(14)12(7)21-11(6-20)8(4-18)5-19/h2-3,21H,1H3. The van der Waals surface area contributed by atoms with Crippen LogP contribution in [0.3, 0.4) is 0 Å². The van der Waals surface area contributed by atoms with Crippen LogP contribution < -0.4 is 10.1 Å². The first kappa shape index (κ1) is 17.4. The van der Waals surface area contributed by atoms with Crippen LogP contribution in [0.25, 0.3) is 0 Å². The van der Waals surface area contributed by atoms with Crippen LogP contribution >= 0.6 is 15.9 Å². The van der Waals surface area contributed by atoms with E-state index >= 15 is 0 Å². The highest BCUT2D eigenvalue weighted by Crippen LogP contribution is 2.34.